The summed E-state index contributed by atoms with van der Waals surface area (Å²) in [6.07, 6.45) is 0. The van der Waals surface area contributed by atoms with E-state index < -0.39 is 0 Å². The summed E-state index contributed by atoms with van der Waals surface area (Å²) in [6, 6.07) is 10.5. The van der Waals surface area contributed by atoms with Crippen LogP contribution in [0.15, 0.2) is 30.3 Å². The van der Waals surface area contributed by atoms with E-state index in [1.807, 2.05) is 6.07 Å². The molecule has 0 aromatic heterocycles. The summed E-state index contributed by atoms with van der Waals surface area (Å²) in [7, 11) is 0. The van der Waals surface area contributed by atoms with Crippen molar-refractivity contribution in [1.82, 2.24) is 0 Å². The van der Waals surface area contributed by atoms with Crippen molar-refractivity contribution in [2.45, 2.75) is 19.8 Å². The highest BCUT2D eigenvalue weighted by atomic mass is 27.0. The molecule has 0 nitrogen and oxygen atoms in total. The molecular formula is C9H15Al. The van der Waals surface area contributed by atoms with E-state index in [1.165, 1.54) is 5.56 Å². The molecule has 1 rings (SSSR count). The maximum absolute atomic E-state index is 2.20. The summed E-state index contributed by atoms with van der Waals surface area (Å²) in [5.41, 5.74) is 1.41. The number of benzene rings is 1. The third-order valence-corrected chi connectivity index (χ3v) is 1.47. The van der Waals surface area contributed by atoms with Gasteiger partial charge < -0.3 is 0 Å². The van der Waals surface area contributed by atoms with Gasteiger partial charge in [-0.15, -0.1) is 0 Å². The molecule has 0 saturated heterocycles. The smallest absolute Gasteiger partial charge is 0.0622 e. The normalized spacial score (nSPS) is 9.10. The minimum absolute atomic E-state index is 0. The first kappa shape index (κ1) is 9.75. The SMILES string of the molecule is CC(C)c1ccccc1.[AlH3]. The molecule has 0 radical (unpaired) electrons. The first-order chi connectivity index (χ1) is 4.30. The highest BCUT2D eigenvalue weighted by Gasteiger charge is 1.93. The fourth-order valence-electron chi connectivity index (χ4n) is 0.838. The Bertz CT molecular complexity index is 167. The Labute approximate surface area is 73.4 Å². The number of hydrogen-bond donors (Lipinski definition) is 0. The van der Waals surface area contributed by atoms with Crippen LogP contribution in [0.5, 0.6) is 0 Å². The zero-order valence-corrected chi connectivity index (χ0v) is 5.96. The van der Waals surface area contributed by atoms with Crippen LogP contribution in [0.2, 0.25) is 0 Å². The Balaban J connectivity index is 0.000000810. The molecule has 0 spiro atoms. The molecule has 0 bridgehead atoms. The van der Waals surface area contributed by atoms with Gasteiger partial charge in [0, 0.05) is 0 Å². The summed E-state index contributed by atoms with van der Waals surface area (Å²) in [5.74, 6) is 0.659. The van der Waals surface area contributed by atoms with Crippen molar-refractivity contribution in [3.05, 3.63) is 35.9 Å². The quantitative estimate of drug-likeness (QED) is 0.534. The summed E-state index contributed by atoms with van der Waals surface area (Å²) < 4.78 is 0. The standard InChI is InChI=1S/C9H12.Al.3H/c1-8(2)9-6-4-3-5-7-9;;;;/h3-8H,1-2H3;;;;. The second-order valence-electron chi connectivity index (χ2n) is 2.57. The summed E-state index contributed by atoms with van der Waals surface area (Å²) in [6.45, 7) is 4.41. The van der Waals surface area contributed by atoms with Gasteiger partial charge in [0.25, 0.3) is 0 Å². The van der Waals surface area contributed by atoms with Crippen LogP contribution in [-0.2, 0) is 0 Å². The van der Waals surface area contributed by atoms with E-state index in [2.05, 4.69) is 38.1 Å². The zero-order chi connectivity index (χ0) is 6.69. The van der Waals surface area contributed by atoms with E-state index in [9.17, 15) is 0 Å². The van der Waals surface area contributed by atoms with Gasteiger partial charge in [-0.2, -0.15) is 0 Å². The Hall–Kier alpha value is -0.248. The van der Waals surface area contributed by atoms with Crippen LogP contribution in [0.1, 0.15) is 25.3 Å². The Kier molecular flexibility index (Phi) is 4.44. The lowest BCUT2D eigenvalue weighted by Crippen LogP contribution is -1.83. The van der Waals surface area contributed by atoms with E-state index in [0.717, 1.165) is 0 Å². The molecule has 0 heterocycles. The molecule has 0 unspecified atom stereocenters. The third kappa shape index (κ3) is 2.56. The van der Waals surface area contributed by atoms with Gasteiger partial charge in [0.2, 0.25) is 0 Å². The summed E-state index contributed by atoms with van der Waals surface area (Å²) in [5, 5.41) is 0. The van der Waals surface area contributed by atoms with Crippen LogP contribution < -0.4 is 0 Å². The average Bonchev–Trinajstić information content (AvgIpc) is 1.90. The van der Waals surface area contributed by atoms with Crippen LogP contribution in [-0.4, -0.2) is 17.4 Å². The highest BCUT2D eigenvalue weighted by molar-refractivity contribution is 5.75. The maximum Gasteiger partial charge on any atom is 0.187 e. The van der Waals surface area contributed by atoms with E-state index in [4.69, 9.17) is 0 Å². The van der Waals surface area contributed by atoms with Crippen LogP contribution in [0, 0.1) is 0 Å². The van der Waals surface area contributed by atoms with Gasteiger partial charge in [0.15, 0.2) is 17.4 Å². The molecule has 0 atom stereocenters. The lowest BCUT2D eigenvalue weighted by atomic mass is 10.0. The second-order valence-corrected chi connectivity index (χ2v) is 2.57. The van der Waals surface area contributed by atoms with Crippen molar-refractivity contribution < 1.29 is 0 Å². The van der Waals surface area contributed by atoms with Gasteiger partial charge >= 0.3 is 0 Å². The first-order valence-corrected chi connectivity index (χ1v) is 3.35. The first-order valence-electron chi connectivity index (χ1n) is 3.35. The minimum Gasteiger partial charge on any atom is -0.0622 e. The van der Waals surface area contributed by atoms with E-state index in [-0.39, 0.29) is 17.4 Å². The molecule has 0 fully saturated rings. The molecule has 0 amide bonds. The van der Waals surface area contributed by atoms with Crippen molar-refractivity contribution >= 4 is 17.4 Å². The molecule has 0 saturated carbocycles. The third-order valence-electron chi connectivity index (χ3n) is 1.47. The summed E-state index contributed by atoms with van der Waals surface area (Å²) >= 11 is 0. The van der Waals surface area contributed by atoms with Crippen molar-refractivity contribution in [1.29, 1.82) is 0 Å². The highest BCUT2D eigenvalue weighted by Crippen LogP contribution is 2.11. The van der Waals surface area contributed by atoms with E-state index in [1.54, 1.807) is 0 Å². The van der Waals surface area contributed by atoms with Gasteiger partial charge in [-0.3, -0.25) is 0 Å². The van der Waals surface area contributed by atoms with Gasteiger partial charge in [-0.05, 0) is 11.5 Å². The topological polar surface area (TPSA) is 0 Å². The van der Waals surface area contributed by atoms with Crippen LogP contribution in [0.25, 0.3) is 0 Å². The van der Waals surface area contributed by atoms with E-state index in [0.29, 0.717) is 5.92 Å². The predicted octanol–water partition coefficient (Wildman–Crippen LogP) is 1.63. The van der Waals surface area contributed by atoms with Crippen molar-refractivity contribution in [2.75, 3.05) is 0 Å². The predicted molar refractivity (Wildman–Crippen MR) is 50.5 cm³/mol. The molecule has 54 valence electrons. The van der Waals surface area contributed by atoms with Gasteiger partial charge in [-0.1, -0.05) is 44.2 Å². The van der Waals surface area contributed by atoms with E-state index >= 15 is 0 Å². The van der Waals surface area contributed by atoms with Gasteiger partial charge in [0.05, 0.1) is 0 Å². The van der Waals surface area contributed by atoms with Crippen LogP contribution >= 0.6 is 0 Å². The lowest BCUT2D eigenvalue weighted by Gasteiger charge is -2.01. The molecule has 10 heavy (non-hydrogen) atoms. The van der Waals surface area contributed by atoms with Crippen LogP contribution in [0.4, 0.5) is 0 Å². The molecule has 0 N–H and O–H groups in total. The number of rotatable bonds is 1. The van der Waals surface area contributed by atoms with Gasteiger partial charge in [-0.25, -0.2) is 0 Å². The molecule has 0 aliphatic rings. The minimum atomic E-state index is 0. The fourth-order valence-corrected chi connectivity index (χ4v) is 0.838. The molecule has 1 heteroatoms. The lowest BCUT2D eigenvalue weighted by molar-refractivity contribution is 0.867. The zero-order valence-electron chi connectivity index (χ0n) is 5.96. The average molecular weight is 150 g/mol. The molecule has 0 aliphatic carbocycles. The van der Waals surface area contributed by atoms with Gasteiger partial charge in [0.1, 0.15) is 0 Å². The molecule has 1 aromatic carbocycles. The monoisotopic (exact) mass is 150 g/mol. The Morgan fingerprint density at radius 2 is 1.50 bits per heavy atom. The van der Waals surface area contributed by atoms with Crippen molar-refractivity contribution in [2.24, 2.45) is 0 Å². The van der Waals surface area contributed by atoms with Crippen molar-refractivity contribution in [3.63, 3.8) is 0 Å². The Morgan fingerprint density at radius 3 is 1.80 bits per heavy atom. The molecule has 1 aromatic rings. The maximum atomic E-state index is 2.20. The molecular weight excluding hydrogens is 135 g/mol. The Morgan fingerprint density at radius 1 is 1.00 bits per heavy atom. The largest absolute Gasteiger partial charge is 0.187 e. The molecule has 0 aliphatic heterocycles. The number of hydrogen-bond acceptors (Lipinski definition) is 0. The van der Waals surface area contributed by atoms with Crippen LogP contribution in [0.3, 0.4) is 0 Å². The second kappa shape index (κ2) is 4.55. The van der Waals surface area contributed by atoms with Crippen molar-refractivity contribution in [3.8, 4) is 0 Å². The summed E-state index contributed by atoms with van der Waals surface area (Å²) in [4.78, 5) is 0. The fraction of sp³-hybridized carbons (Fsp3) is 0.333.